The number of benzene rings is 1. The minimum absolute atomic E-state index is 0.0374. The molecule has 128 valence electrons. The molecular formula is C17H26N2O4. The molecule has 0 unspecified atom stereocenters. The Balaban J connectivity index is 1.93. The predicted molar refractivity (Wildman–Crippen MR) is 88.0 cm³/mol. The van der Waals surface area contributed by atoms with Crippen molar-refractivity contribution < 1.29 is 19.0 Å². The van der Waals surface area contributed by atoms with Crippen molar-refractivity contribution >= 4 is 5.91 Å². The van der Waals surface area contributed by atoms with Crippen LogP contribution in [0.4, 0.5) is 0 Å². The molecule has 1 N–H and O–H groups in total. The molecule has 0 aliphatic carbocycles. The number of amides is 1. The third kappa shape index (κ3) is 5.49. The molecule has 0 spiro atoms. The Bertz CT molecular complexity index is 507. The number of hydrogen-bond donors (Lipinski definition) is 1. The highest BCUT2D eigenvalue weighted by Crippen LogP contribution is 2.15. The number of carbonyl (C=O) groups excluding carboxylic acids is 1. The van der Waals surface area contributed by atoms with Gasteiger partial charge in [0.1, 0.15) is 11.9 Å². The second-order valence-corrected chi connectivity index (χ2v) is 5.89. The van der Waals surface area contributed by atoms with Gasteiger partial charge in [-0.1, -0.05) is 6.07 Å². The van der Waals surface area contributed by atoms with Crippen molar-refractivity contribution in [2.24, 2.45) is 0 Å². The fourth-order valence-corrected chi connectivity index (χ4v) is 2.44. The standard InChI is InChI=1S/C17H26N2O4/c1-19(2)8-10-23-16-12-22-9-7-15(16)18-17(20)13-5-4-6-14(11-13)21-3/h4-6,11,15-16H,7-10,12H2,1-3H3,(H,18,20)/t15-,16-/m1/s1. The normalized spacial score (nSPS) is 21.2. The van der Waals surface area contributed by atoms with Crippen molar-refractivity contribution in [1.29, 1.82) is 0 Å². The van der Waals surface area contributed by atoms with Crippen LogP contribution in [0.2, 0.25) is 0 Å². The molecule has 1 amide bonds. The van der Waals surface area contributed by atoms with Gasteiger partial charge in [0, 0.05) is 18.7 Å². The summed E-state index contributed by atoms with van der Waals surface area (Å²) in [5, 5.41) is 3.06. The van der Waals surface area contributed by atoms with Gasteiger partial charge in [0.2, 0.25) is 0 Å². The molecule has 1 aliphatic heterocycles. The lowest BCUT2D eigenvalue weighted by atomic mass is 10.1. The fraction of sp³-hybridized carbons (Fsp3) is 0.588. The molecule has 1 aromatic rings. The smallest absolute Gasteiger partial charge is 0.251 e. The van der Waals surface area contributed by atoms with E-state index in [9.17, 15) is 4.79 Å². The van der Waals surface area contributed by atoms with Gasteiger partial charge in [-0.25, -0.2) is 0 Å². The van der Waals surface area contributed by atoms with Crippen LogP contribution < -0.4 is 10.1 Å². The molecule has 2 rings (SSSR count). The summed E-state index contributed by atoms with van der Waals surface area (Å²) in [7, 11) is 5.59. The maximum atomic E-state index is 12.4. The van der Waals surface area contributed by atoms with Crippen LogP contribution >= 0.6 is 0 Å². The van der Waals surface area contributed by atoms with Gasteiger partial charge in [0.25, 0.3) is 5.91 Å². The summed E-state index contributed by atoms with van der Waals surface area (Å²) in [6, 6.07) is 7.10. The van der Waals surface area contributed by atoms with E-state index in [1.54, 1.807) is 19.2 Å². The molecule has 2 atom stereocenters. The zero-order valence-corrected chi connectivity index (χ0v) is 14.1. The highest BCUT2D eigenvalue weighted by atomic mass is 16.5. The second kappa shape index (κ2) is 8.86. The molecule has 1 heterocycles. The Morgan fingerprint density at radius 3 is 3.00 bits per heavy atom. The Kier molecular flexibility index (Phi) is 6.83. The summed E-state index contributed by atoms with van der Waals surface area (Å²) in [5.41, 5.74) is 0.586. The number of rotatable bonds is 7. The number of ether oxygens (including phenoxy) is 3. The van der Waals surface area contributed by atoms with Crippen LogP contribution in [0.3, 0.4) is 0 Å². The first-order valence-corrected chi connectivity index (χ1v) is 7.89. The van der Waals surface area contributed by atoms with Gasteiger partial charge in [-0.3, -0.25) is 4.79 Å². The third-order valence-corrected chi connectivity index (χ3v) is 3.82. The van der Waals surface area contributed by atoms with E-state index in [1.807, 2.05) is 26.2 Å². The van der Waals surface area contributed by atoms with E-state index in [-0.39, 0.29) is 18.1 Å². The molecule has 0 radical (unpaired) electrons. The summed E-state index contributed by atoms with van der Waals surface area (Å²) in [5.74, 6) is 0.556. The Labute approximate surface area is 137 Å². The Hall–Kier alpha value is -1.63. The molecule has 1 aromatic carbocycles. The molecule has 1 fully saturated rings. The molecule has 6 nitrogen and oxygen atoms in total. The maximum absolute atomic E-state index is 12.4. The van der Waals surface area contributed by atoms with Crippen LogP contribution in [-0.4, -0.2) is 70.5 Å². The topological polar surface area (TPSA) is 60.0 Å². The number of nitrogens with zero attached hydrogens (tertiary/aromatic N) is 1. The number of nitrogens with one attached hydrogen (secondary N) is 1. The first-order valence-electron chi connectivity index (χ1n) is 7.89. The van der Waals surface area contributed by atoms with Gasteiger partial charge in [0.05, 0.1) is 26.4 Å². The van der Waals surface area contributed by atoms with Crippen molar-refractivity contribution in [2.45, 2.75) is 18.6 Å². The molecule has 23 heavy (non-hydrogen) atoms. The Morgan fingerprint density at radius 1 is 1.43 bits per heavy atom. The van der Waals surface area contributed by atoms with E-state index in [0.717, 1.165) is 13.0 Å². The number of likely N-dealkylation sites (N-methyl/N-ethyl adjacent to an activating group) is 1. The molecule has 6 heteroatoms. The predicted octanol–water partition coefficient (Wildman–Crippen LogP) is 1.16. The molecule has 0 bridgehead atoms. The highest BCUT2D eigenvalue weighted by Gasteiger charge is 2.28. The third-order valence-electron chi connectivity index (χ3n) is 3.82. The summed E-state index contributed by atoms with van der Waals surface area (Å²) < 4.78 is 16.5. The molecule has 1 saturated heterocycles. The van der Waals surface area contributed by atoms with Crippen LogP contribution in [0.25, 0.3) is 0 Å². The largest absolute Gasteiger partial charge is 0.497 e. The van der Waals surface area contributed by atoms with Crippen LogP contribution in [-0.2, 0) is 9.47 Å². The van der Waals surface area contributed by atoms with E-state index in [4.69, 9.17) is 14.2 Å². The van der Waals surface area contributed by atoms with Gasteiger partial charge in [0.15, 0.2) is 0 Å². The second-order valence-electron chi connectivity index (χ2n) is 5.89. The molecular weight excluding hydrogens is 296 g/mol. The van der Waals surface area contributed by atoms with E-state index in [1.165, 1.54) is 0 Å². The monoisotopic (exact) mass is 322 g/mol. The van der Waals surface area contributed by atoms with Crippen molar-refractivity contribution in [3.8, 4) is 5.75 Å². The summed E-state index contributed by atoms with van der Waals surface area (Å²) in [6.45, 7) is 2.60. The van der Waals surface area contributed by atoms with Gasteiger partial charge in [-0.15, -0.1) is 0 Å². The van der Waals surface area contributed by atoms with Crippen molar-refractivity contribution in [2.75, 3.05) is 47.6 Å². The average Bonchev–Trinajstić information content (AvgIpc) is 2.56. The van der Waals surface area contributed by atoms with Crippen molar-refractivity contribution in [3.05, 3.63) is 29.8 Å². The first-order chi connectivity index (χ1) is 11.1. The van der Waals surface area contributed by atoms with Crippen LogP contribution in [0.1, 0.15) is 16.8 Å². The lowest BCUT2D eigenvalue weighted by Crippen LogP contribution is -2.50. The SMILES string of the molecule is COc1cccc(C(=O)N[C@@H]2CCOC[C@H]2OCCN(C)C)c1. The number of carbonyl (C=O) groups is 1. The average molecular weight is 322 g/mol. The van der Waals surface area contributed by atoms with Crippen molar-refractivity contribution in [1.82, 2.24) is 10.2 Å². The van der Waals surface area contributed by atoms with Crippen LogP contribution in [0.15, 0.2) is 24.3 Å². The first kappa shape index (κ1) is 17.7. The van der Waals surface area contributed by atoms with E-state index in [0.29, 0.717) is 31.1 Å². The quantitative estimate of drug-likeness (QED) is 0.816. The summed E-state index contributed by atoms with van der Waals surface area (Å²) in [4.78, 5) is 14.5. The lowest BCUT2D eigenvalue weighted by Gasteiger charge is -2.32. The van der Waals surface area contributed by atoms with E-state index >= 15 is 0 Å². The molecule has 0 saturated carbocycles. The Morgan fingerprint density at radius 2 is 2.26 bits per heavy atom. The van der Waals surface area contributed by atoms with Gasteiger partial charge < -0.3 is 24.4 Å². The summed E-state index contributed by atoms with van der Waals surface area (Å²) in [6.07, 6.45) is 0.640. The number of hydrogen-bond acceptors (Lipinski definition) is 5. The van der Waals surface area contributed by atoms with Crippen LogP contribution in [0, 0.1) is 0 Å². The number of methoxy groups -OCH3 is 1. The zero-order chi connectivity index (χ0) is 16.7. The van der Waals surface area contributed by atoms with E-state index in [2.05, 4.69) is 10.2 Å². The molecule has 0 aromatic heterocycles. The van der Waals surface area contributed by atoms with Gasteiger partial charge >= 0.3 is 0 Å². The summed E-state index contributed by atoms with van der Waals surface area (Å²) >= 11 is 0. The highest BCUT2D eigenvalue weighted by molar-refractivity contribution is 5.94. The maximum Gasteiger partial charge on any atom is 0.251 e. The van der Waals surface area contributed by atoms with Gasteiger partial charge in [-0.05, 0) is 38.7 Å². The van der Waals surface area contributed by atoms with Crippen LogP contribution in [0.5, 0.6) is 5.75 Å². The van der Waals surface area contributed by atoms with Gasteiger partial charge in [-0.2, -0.15) is 0 Å². The lowest BCUT2D eigenvalue weighted by molar-refractivity contribution is -0.0690. The molecule has 1 aliphatic rings. The van der Waals surface area contributed by atoms with E-state index < -0.39 is 0 Å². The minimum atomic E-state index is -0.114. The minimum Gasteiger partial charge on any atom is -0.497 e. The fourth-order valence-electron chi connectivity index (χ4n) is 2.44. The van der Waals surface area contributed by atoms with Crippen molar-refractivity contribution in [3.63, 3.8) is 0 Å². The zero-order valence-electron chi connectivity index (χ0n) is 14.1.